The van der Waals surface area contributed by atoms with E-state index in [0.717, 1.165) is 17.9 Å². The number of rotatable bonds is 5. The summed E-state index contributed by atoms with van der Waals surface area (Å²) in [6, 6.07) is 0. The van der Waals surface area contributed by atoms with Gasteiger partial charge in [-0.15, -0.1) is 6.58 Å². The molecule has 1 rings (SSSR count). The first-order chi connectivity index (χ1) is 8.62. The summed E-state index contributed by atoms with van der Waals surface area (Å²) in [6.07, 6.45) is 1.14. The van der Waals surface area contributed by atoms with Crippen LogP contribution in [0.3, 0.4) is 0 Å². The minimum atomic E-state index is -1.03. The van der Waals surface area contributed by atoms with Crippen molar-refractivity contribution in [3.8, 4) is 0 Å². The van der Waals surface area contributed by atoms with E-state index in [2.05, 4.69) is 11.6 Å². The van der Waals surface area contributed by atoms with E-state index in [1.54, 1.807) is 7.05 Å². The van der Waals surface area contributed by atoms with Crippen LogP contribution in [0.5, 0.6) is 0 Å². The quantitative estimate of drug-likeness (QED) is 0.388. The topological polar surface area (TPSA) is 82.3 Å². The molecular weight excluding hydrogens is 254 g/mol. The number of aliphatic hydroxyl groups is 3. The second-order valence-electron chi connectivity index (χ2n) is 4.14. The van der Waals surface area contributed by atoms with Crippen LogP contribution in [0.1, 0.15) is 19.3 Å². The zero-order valence-corrected chi connectivity index (χ0v) is 11.3. The van der Waals surface area contributed by atoms with E-state index in [1.165, 1.54) is 11.8 Å². The van der Waals surface area contributed by atoms with Gasteiger partial charge in [-0.25, -0.2) is 0 Å². The van der Waals surface area contributed by atoms with Crippen molar-refractivity contribution in [3.63, 3.8) is 0 Å². The van der Waals surface area contributed by atoms with Crippen molar-refractivity contribution in [3.05, 3.63) is 12.7 Å². The minimum absolute atomic E-state index is 0.288. The number of thioether (sulfide) groups is 1. The summed E-state index contributed by atoms with van der Waals surface area (Å²) in [6.45, 7) is 3.35. The monoisotopic (exact) mass is 275 g/mol. The van der Waals surface area contributed by atoms with Crippen LogP contribution < -0.4 is 0 Å². The molecular formula is C12H21NO4S. The van der Waals surface area contributed by atoms with Crippen molar-refractivity contribution in [2.75, 3.05) is 13.7 Å². The fourth-order valence-corrected chi connectivity index (χ4v) is 2.88. The molecule has 3 N–H and O–H groups in total. The van der Waals surface area contributed by atoms with Crippen LogP contribution in [-0.4, -0.2) is 57.8 Å². The Morgan fingerprint density at radius 2 is 2.28 bits per heavy atom. The van der Waals surface area contributed by atoms with Gasteiger partial charge in [0.25, 0.3) is 0 Å². The molecule has 1 heterocycles. The predicted octanol–water partition coefficient (Wildman–Crippen LogP) is 0.543. The van der Waals surface area contributed by atoms with Crippen LogP contribution in [0.15, 0.2) is 17.6 Å². The van der Waals surface area contributed by atoms with Gasteiger partial charge in [-0.2, -0.15) is 0 Å². The van der Waals surface area contributed by atoms with E-state index in [1.807, 2.05) is 6.08 Å². The van der Waals surface area contributed by atoms with Gasteiger partial charge in [0.2, 0.25) is 0 Å². The molecule has 0 bridgehead atoms. The fourth-order valence-electron chi connectivity index (χ4n) is 1.74. The molecule has 0 spiro atoms. The fraction of sp³-hybridized carbons (Fsp3) is 0.750. The van der Waals surface area contributed by atoms with E-state index in [0.29, 0.717) is 6.42 Å². The highest BCUT2D eigenvalue weighted by Gasteiger charge is 2.36. The van der Waals surface area contributed by atoms with Gasteiger partial charge in [0.05, 0.1) is 17.8 Å². The Balaban J connectivity index is 2.53. The van der Waals surface area contributed by atoms with Crippen LogP contribution in [0.25, 0.3) is 0 Å². The summed E-state index contributed by atoms with van der Waals surface area (Å²) in [7, 11) is 1.71. The number of hydrogen-bond donors (Lipinski definition) is 3. The first-order valence-corrected chi connectivity index (χ1v) is 6.86. The maximum atomic E-state index is 9.70. The molecule has 5 nitrogen and oxygen atoms in total. The van der Waals surface area contributed by atoms with Crippen molar-refractivity contribution in [2.45, 2.75) is 43.0 Å². The van der Waals surface area contributed by atoms with E-state index in [-0.39, 0.29) is 12.0 Å². The first-order valence-electron chi connectivity index (χ1n) is 5.98. The summed E-state index contributed by atoms with van der Waals surface area (Å²) in [4.78, 5) is 4.16. The van der Waals surface area contributed by atoms with Crippen molar-refractivity contribution >= 4 is 16.8 Å². The lowest BCUT2D eigenvalue weighted by Crippen LogP contribution is -2.49. The van der Waals surface area contributed by atoms with Gasteiger partial charge >= 0.3 is 0 Å². The van der Waals surface area contributed by atoms with Gasteiger partial charge < -0.3 is 20.1 Å². The van der Waals surface area contributed by atoms with Crippen LogP contribution in [0.2, 0.25) is 0 Å². The van der Waals surface area contributed by atoms with Crippen molar-refractivity contribution in [1.82, 2.24) is 0 Å². The molecule has 6 heteroatoms. The van der Waals surface area contributed by atoms with Crippen molar-refractivity contribution in [1.29, 1.82) is 0 Å². The smallest absolute Gasteiger partial charge is 0.112 e. The summed E-state index contributed by atoms with van der Waals surface area (Å²) >= 11 is 1.43. The van der Waals surface area contributed by atoms with Crippen LogP contribution in [-0.2, 0) is 4.74 Å². The molecule has 0 amide bonds. The average Bonchev–Trinajstić information content (AvgIpc) is 2.38. The molecule has 0 aromatic rings. The first kappa shape index (κ1) is 15.7. The Morgan fingerprint density at radius 3 is 2.83 bits per heavy atom. The molecule has 0 radical (unpaired) electrons. The third-order valence-electron chi connectivity index (χ3n) is 2.79. The summed E-state index contributed by atoms with van der Waals surface area (Å²) in [5.41, 5.74) is -0.288. The van der Waals surface area contributed by atoms with Gasteiger partial charge in [-0.1, -0.05) is 17.8 Å². The van der Waals surface area contributed by atoms with Gasteiger partial charge in [-0.05, 0) is 12.8 Å². The zero-order valence-electron chi connectivity index (χ0n) is 10.5. The molecule has 0 saturated carbocycles. The standard InChI is InChI=1S/C12H21NO4S/c1-3-4-5-10(13-2)18-11-6-8(15)12(16)9(7-14)17-11/h3,8-9,11-12,14-16H,1,4-7H2,2H3/b13-10-/t8-,9-,11+,12+/m1/s1. The molecule has 0 unspecified atom stereocenters. The van der Waals surface area contributed by atoms with Gasteiger partial charge in [-0.3, -0.25) is 4.99 Å². The second-order valence-corrected chi connectivity index (χ2v) is 5.38. The zero-order chi connectivity index (χ0) is 13.5. The SMILES string of the molecule is C=CCC/C(=N/C)S[C@H]1C[C@@H](O)[C@H](O)[C@@H](CO)O1. The minimum Gasteiger partial charge on any atom is -0.394 e. The highest BCUT2D eigenvalue weighted by molar-refractivity contribution is 8.14. The highest BCUT2D eigenvalue weighted by atomic mass is 32.2. The molecule has 18 heavy (non-hydrogen) atoms. The van der Waals surface area contributed by atoms with Crippen LogP contribution in [0, 0.1) is 0 Å². The number of nitrogens with zero attached hydrogens (tertiary/aromatic N) is 1. The van der Waals surface area contributed by atoms with Gasteiger partial charge in [0.1, 0.15) is 17.6 Å². The average molecular weight is 275 g/mol. The maximum absolute atomic E-state index is 9.70. The van der Waals surface area contributed by atoms with E-state index in [4.69, 9.17) is 9.84 Å². The Bertz CT molecular complexity index is 298. The maximum Gasteiger partial charge on any atom is 0.112 e. The molecule has 0 aromatic heterocycles. The van der Waals surface area contributed by atoms with Gasteiger partial charge in [0, 0.05) is 13.5 Å². The third kappa shape index (κ3) is 4.37. The summed E-state index contributed by atoms with van der Waals surface area (Å²) < 4.78 is 5.53. The number of hydrogen-bond acceptors (Lipinski definition) is 6. The normalized spacial score (nSPS) is 33.4. The lowest BCUT2D eigenvalue weighted by molar-refractivity contribution is -0.156. The molecule has 1 fully saturated rings. The Kier molecular flexibility index (Phi) is 6.88. The van der Waals surface area contributed by atoms with E-state index >= 15 is 0 Å². The highest BCUT2D eigenvalue weighted by Crippen LogP contribution is 2.29. The van der Waals surface area contributed by atoms with Crippen molar-refractivity contribution in [2.24, 2.45) is 4.99 Å². The number of allylic oxidation sites excluding steroid dienone is 1. The Hall–Kier alpha value is -0.400. The predicted molar refractivity (Wildman–Crippen MR) is 72.8 cm³/mol. The largest absolute Gasteiger partial charge is 0.394 e. The number of aliphatic imine (C=N–C) groups is 1. The second kappa shape index (κ2) is 7.91. The lowest BCUT2D eigenvalue weighted by atomic mass is 10.0. The third-order valence-corrected chi connectivity index (χ3v) is 4.02. The Morgan fingerprint density at radius 1 is 1.56 bits per heavy atom. The van der Waals surface area contributed by atoms with Gasteiger partial charge in [0.15, 0.2) is 0 Å². The number of aliphatic hydroxyl groups excluding tert-OH is 3. The molecule has 104 valence electrons. The molecule has 1 saturated heterocycles. The summed E-state index contributed by atoms with van der Waals surface area (Å²) in [5.74, 6) is 0. The van der Waals surface area contributed by atoms with Crippen LogP contribution in [0.4, 0.5) is 0 Å². The Labute approximate surface area is 112 Å². The van der Waals surface area contributed by atoms with Crippen molar-refractivity contribution < 1.29 is 20.1 Å². The van der Waals surface area contributed by atoms with E-state index < -0.39 is 18.3 Å². The molecule has 0 aromatic carbocycles. The molecule has 0 aliphatic carbocycles. The lowest BCUT2D eigenvalue weighted by Gasteiger charge is -2.36. The molecule has 4 atom stereocenters. The van der Waals surface area contributed by atoms with E-state index in [9.17, 15) is 10.2 Å². The number of ether oxygens (including phenoxy) is 1. The molecule has 1 aliphatic rings. The molecule has 1 aliphatic heterocycles. The van der Waals surface area contributed by atoms with Crippen LogP contribution >= 0.6 is 11.8 Å². The summed E-state index contributed by atoms with van der Waals surface area (Å²) in [5, 5.41) is 29.3.